The Morgan fingerprint density at radius 2 is 1.44 bits per heavy atom. The highest BCUT2D eigenvalue weighted by atomic mass is 16.4. The van der Waals surface area contributed by atoms with E-state index in [-0.39, 0.29) is 0 Å². The molecule has 100 valence electrons. The van der Waals surface area contributed by atoms with Crippen LogP contribution in [0.25, 0.3) is 0 Å². The van der Waals surface area contributed by atoms with Crippen molar-refractivity contribution in [2.24, 2.45) is 0 Å². The molecule has 18 heavy (non-hydrogen) atoms. The number of carbonyl (C=O) groups is 2. The Hall–Kier alpha value is -1.64. The van der Waals surface area contributed by atoms with E-state index in [1.165, 1.54) is 0 Å². The van der Waals surface area contributed by atoms with Crippen LogP contribution in [0.2, 0.25) is 0 Å². The summed E-state index contributed by atoms with van der Waals surface area (Å²) < 4.78 is 0. The largest absolute Gasteiger partial charge is 0.475 e. The molecule has 0 spiro atoms. The Balaban J connectivity index is 0.00000137. The maximum absolute atomic E-state index is 11.6. The van der Waals surface area contributed by atoms with Gasteiger partial charge in [-0.1, -0.05) is 45.4 Å². The Morgan fingerprint density at radius 3 is 1.72 bits per heavy atom. The van der Waals surface area contributed by atoms with Gasteiger partial charge in [-0.05, 0) is 30.9 Å². The number of rotatable bonds is 4. The highest BCUT2D eigenvalue weighted by Gasteiger charge is 2.21. The monoisotopic (exact) mass is 250 g/mol. The molecule has 1 aromatic rings. The maximum Gasteiger partial charge on any atom is 0.377 e. The van der Waals surface area contributed by atoms with Crippen LogP contribution in [-0.4, -0.2) is 16.9 Å². The van der Waals surface area contributed by atoms with Crippen LogP contribution in [0.3, 0.4) is 0 Å². The third-order valence-corrected chi connectivity index (χ3v) is 2.63. The summed E-state index contributed by atoms with van der Waals surface area (Å²) in [5.41, 5.74) is 3.09. The molecule has 0 aliphatic carbocycles. The molecular weight excluding hydrogens is 228 g/mol. The average Bonchev–Trinajstić information content (AvgIpc) is 2.38. The minimum atomic E-state index is -1.38. The molecule has 0 saturated heterocycles. The quantitative estimate of drug-likeness (QED) is 0.658. The van der Waals surface area contributed by atoms with Crippen LogP contribution in [0.15, 0.2) is 12.1 Å². The molecule has 0 heterocycles. The molecular formula is C15H22O3. The average molecular weight is 250 g/mol. The molecule has 1 N–H and O–H groups in total. The number of aryl methyl sites for hydroxylation is 3. The van der Waals surface area contributed by atoms with Crippen molar-refractivity contribution in [3.05, 3.63) is 34.4 Å². The Kier molecular flexibility index (Phi) is 6.94. The first kappa shape index (κ1) is 16.4. The molecule has 0 aliphatic heterocycles. The third-order valence-electron chi connectivity index (χ3n) is 2.63. The summed E-state index contributed by atoms with van der Waals surface area (Å²) in [6.45, 7) is 9.80. The summed E-state index contributed by atoms with van der Waals surface area (Å²) in [6.07, 6.45) is 1.34. The number of benzene rings is 1. The van der Waals surface area contributed by atoms with Crippen molar-refractivity contribution >= 4 is 11.8 Å². The summed E-state index contributed by atoms with van der Waals surface area (Å²) in [7, 11) is 0. The normalized spacial score (nSPS) is 9.39. The second-order valence-corrected chi connectivity index (χ2v) is 3.80. The van der Waals surface area contributed by atoms with Gasteiger partial charge in [-0.2, -0.15) is 0 Å². The van der Waals surface area contributed by atoms with E-state index >= 15 is 0 Å². The molecule has 0 radical (unpaired) electrons. The Morgan fingerprint density at radius 1 is 1.06 bits per heavy atom. The third kappa shape index (κ3) is 3.69. The molecule has 0 bridgehead atoms. The number of carboxylic acid groups (broad SMARTS) is 1. The molecule has 0 saturated carbocycles. The molecule has 0 aromatic heterocycles. The van der Waals surface area contributed by atoms with Gasteiger partial charge in [0.25, 0.3) is 5.78 Å². The van der Waals surface area contributed by atoms with Gasteiger partial charge >= 0.3 is 5.97 Å². The first-order chi connectivity index (χ1) is 8.51. The zero-order valence-electron chi connectivity index (χ0n) is 11.8. The van der Waals surface area contributed by atoms with Gasteiger partial charge in [0.15, 0.2) is 0 Å². The minimum Gasteiger partial charge on any atom is -0.475 e. The Bertz CT molecular complexity index is 408. The number of hydrogen-bond acceptors (Lipinski definition) is 2. The van der Waals surface area contributed by atoms with Gasteiger partial charge in [0, 0.05) is 5.56 Å². The number of carbonyl (C=O) groups excluding carboxylic acids is 1. The summed E-state index contributed by atoms with van der Waals surface area (Å²) in [5, 5.41) is 8.80. The second-order valence-electron chi connectivity index (χ2n) is 3.80. The van der Waals surface area contributed by atoms with Crippen LogP contribution in [0.4, 0.5) is 0 Å². The number of Topliss-reactive ketones (excluding diaryl/α,β-unsaturated/α-hetero) is 1. The van der Waals surface area contributed by atoms with E-state index in [4.69, 9.17) is 5.11 Å². The van der Waals surface area contributed by atoms with E-state index in [1.54, 1.807) is 0 Å². The summed E-state index contributed by atoms with van der Waals surface area (Å²) in [6, 6.07) is 3.77. The van der Waals surface area contributed by atoms with Crippen molar-refractivity contribution in [1.82, 2.24) is 0 Å². The number of carboxylic acids is 1. The molecule has 3 heteroatoms. The van der Waals surface area contributed by atoms with Crippen molar-refractivity contribution in [2.75, 3.05) is 0 Å². The SMILES string of the molecule is CC.CCc1cc(C)cc(CC)c1C(=O)C(=O)O. The number of hydrogen-bond donors (Lipinski definition) is 1. The number of ketones is 1. The van der Waals surface area contributed by atoms with E-state index in [2.05, 4.69) is 0 Å². The molecule has 1 aromatic carbocycles. The first-order valence-electron chi connectivity index (χ1n) is 6.41. The standard InChI is InChI=1S/C13H16O3.C2H6/c1-4-9-6-8(3)7-10(5-2)11(9)12(14)13(15)16;1-2/h6-7H,4-5H2,1-3H3,(H,15,16);1-2H3. The lowest BCUT2D eigenvalue weighted by Gasteiger charge is -2.11. The van der Waals surface area contributed by atoms with E-state index in [0.29, 0.717) is 18.4 Å². The smallest absolute Gasteiger partial charge is 0.377 e. The molecule has 0 aliphatic rings. The van der Waals surface area contributed by atoms with Gasteiger partial charge in [0.2, 0.25) is 0 Å². The zero-order chi connectivity index (χ0) is 14.3. The fourth-order valence-electron chi connectivity index (χ4n) is 1.90. The van der Waals surface area contributed by atoms with Crippen LogP contribution in [-0.2, 0) is 17.6 Å². The van der Waals surface area contributed by atoms with E-state index < -0.39 is 11.8 Å². The van der Waals surface area contributed by atoms with Gasteiger partial charge < -0.3 is 5.11 Å². The van der Waals surface area contributed by atoms with Crippen molar-refractivity contribution in [2.45, 2.75) is 47.5 Å². The lowest BCUT2D eigenvalue weighted by Crippen LogP contribution is -2.17. The summed E-state index contributed by atoms with van der Waals surface area (Å²) in [5.74, 6) is -2.18. The van der Waals surface area contributed by atoms with Crippen LogP contribution in [0.1, 0.15) is 54.7 Å². The van der Waals surface area contributed by atoms with Crippen molar-refractivity contribution in [3.63, 3.8) is 0 Å². The van der Waals surface area contributed by atoms with E-state index in [1.807, 2.05) is 46.8 Å². The zero-order valence-corrected chi connectivity index (χ0v) is 11.8. The van der Waals surface area contributed by atoms with Crippen LogP contribution in [0, 0.1) is 6.92 Å². The van der Waals surface area contributed by atoms with Crippen molar-refractivity contribution in [3.8, 4) is 0 Å². The Labute approximate surface area is 109 Å². The minimum absolute atomic E-state index is 0.378. The fraction of sp³-hybridized carbons (Fsp3) is 0.467. The first-order valence-corrected chi connectivity index (χ1v) is 6.41. The predicted octanol–water partition coefficient (Wildman–Crippen LogP) is 3.41. The van der Waals surface area contributed by atoms with Crippen molar-refractivity contribution < 1.29 is 14.7 Å². The molecule has 1 rings (SSSR count). The molecule has 0 amide bonds. The summed E-state index contributed by atoms with van der Waals surface area (Å²) in [4.78, 5) is 22.4. The van der Waals surface area contributed by atoms with Gasteiger partial charge in [-0.25, -0.2) is 4.79 Å². The number of aliphatic carboxylic acids is 1. The summed E-state index contributed by atoms with van der Waals surface area (Å²) >= 11 is 0. The maximum atomic E-state index is 11.6. The molecule has 3 nitrogen and oxygen atoms in total. The molecule has 0 fully saturated rings. The highest BCUT2D eigenvalue weighted by Crippen LogP contribution is 2.20. The van der Waals surface area contributed by atoms with Gasteiger partial charge in [0.1, 0.15) is 0 Å². The highest BCUT2D eigenvalue weighted by molar-refractivity contribution is 6.40. The second kappa shape index (κ2) is 7.64. The molecule has 0 unspecified atom stereocenters. The van der Waals surface area contributed by atoms with E-state index in [9.17, 15) is 9.59 Å². The lowest BCUT2D eigenvalue weighted by atomic mass is 9.92. The van der Waals surface area contributed by atoms with Crippen molar-refractivity contribution in [1.29, 1.82) is 0 Å². The van der Waals surface area contributed by atoms with Crippen LogP contribution in [0.5, 0.6) is 0 Å². The topological polar surface area (TPSA) is 54.4 Å². The lowest BCUT2D eigenvalue weighted by molar-refractivity contribution is -0.131. The molecule has 0 atom stereocenters. The fourth-order valence-corrected chi connectivity index (χ4v) is 1.90. The van der Waals surface area contributed by atoms with Crippen LogP contribution >= 0.6 is 0 Å². The van der Waals surface area contributed by atoms with E-state index in [0.717, 1.165) is 16.7 Å². The van der Waals surface area contributed by atoms with Gasteiger partial charge in [-0.15, -0.1) is 0 Å². The van der Waals surface area contributed by atoms with Crippen LogP contribution < -0.4 is 0 Å². The van der Waals surface area contributed by atoms with Gasteiger partial charge in [-0.3, -0.25) is 4.79 Å². The predicted molar refractivity (Wildman–Crippen MR) is 73.2 cm³/mol. The van der Waals surface area contributed by atoms with Gasteiger partial charge in [0.05, 0.1) is 0 Å².